The number of ether oxygens (including phenoxy) is 2. The second-order valence-electron chi connectivity index (χ2n) is 4.38. The van der Waals surface area contributed by atoms with Crippen LogP contribution in [0.25, 0.3) is 0 Å². The van der Waals surface area contributed by atoms with Gasteiger partial charge in [-0.1, -0.05) is 0 Å². The predicted octanol–water partition coefficient (Wildman–Crippen LogP) is 0.406. The third-order valence-electron chi connectivity index (χ3n) is 2.94. The summed E-state index contributed by atoms with van der Waals surface area (Å²) >= 11 is 0. The van der Waals surface area contributed by atoms with Crippen molar-refractivity contribution in [1.29, 1.82) is 0 Å². The minimum Gasteiger partial charge on any atom is -0.479 e. The maximum absolute atomic E-state index is 12.1. The number of carbonyl (C=O) groups excluding carboxylic acids is 1. The van der Waals surface area contributed by atoms with E-state index in [9.17, 15) is 9.59 Å². The molecule has 0 aromatic carbocycles. The van der Waals surface area contributed by atoms with E-state index < -0.39 is 12.1 Å². The molecule has 0 saturated carbocycles. The first kappa shape index (κ1) is 14.3. The van der Waals surface area contributed by atoms with Crippen LogP contribution in [0.4, 0.5) is 0 Å². The van der Waals surface area contributed by atoms with Crippen LogP contribution >= 0.6 is 0 Å². The van der Waals surface area contributed by atoms with Gasteiger partial charge < -0.3 is 19.5 Å². The Bertz CT molecular complexity index is 482. The summed E-state index contributed by atoms with van der Waals surface area (Å²) in [6.07, 6.45) is 0.651. The summed E-state index contributed by atoms with van der Waals surface area (Å²) in [5.74, 6) is -0.853. The van der Waals surface area contributed by atoms with Gasteiger partial charge in [0.15, 0.2) is 6.10 Å². The number of carboxylic acid groups (broad SMARTS) is 1. The molecule has 108 valence electrons. The molecule has 2 heterocycles. The summed E-state index contributed by atoms with van der Waals surface area (Å²) in [4.78, 5) is 28.2. The molecule has 1 aromatic heterocycles. The van der Waals surface area contributed by atoms with E-state index in [1.165, 1.54) is 18.3 Å². The molecule has 0 radical (unpaired) electrons. The van der Waals surface area contributed by atoms with Crippen LogP contribution in [0.15, 0.2) is 18.3 Å². The lowest BCUT2D eigenvalue weighted by Gasteiger charge is -2.29. The van der Waals surface area contributed by atoms with E-state index in [1.54, 1.807) is 11.8 Å². The Morgan fingerprint density at radius 2 is 2.10 bits per heavy atom. The molecule has 7 heteroatoms. The van der Waals surface area contributed by atoms with E-state index in [-0.39, 0.29) is 11.6 Å². The Hall–Kier alpha value is -2.15. The Labute approximate surface area is 116 Å². The zero-order valence-electron chi connectivity index (χ0n) is 11.1. The zero-order valence-corrected chi connectivity index (χ0v) is 11.1. The molecule has 1 aliphatic rings. The number of rotatable bonds is 4. The quantitative estimate of drug-likeness (QED) is 0.859. The monoisotopic (exact) mass is 280 g/mol. The molecule has 0 aliphatic carbocycles. The first-order chi connectivity index (χ1) is 9.58. The molecule has 1 amide bonds. The lowest BCUT2D eigenvalue weighted by atomic mass is 10.3. The number of nitrogens with zero attached hydrogens (tertiary/aromatic N) is 2. The van der Waals surface area contributed by atoms with Gasteiger partial charge in [0.1, 0.15) is 11.4 Å². The van der Waals surface area contributed by atoms with Gasteiger partial charge in [-0.15, -0.1) is 0 Å². The lowest BCUT2D eigenvalue weighted by Crippen LogP contribution is -2.46. The molecule has 20 heavy (non-hydrogen) atoms. The van der Waals surface area contributed by atoms with Crippen molar-refractivity contribution in [3.8, 4) is 5.75 Å². The number of hydrogen-bond acceptors (Lipinski definition) is 5. The fourth-order valence-corrected chi connectivity index (χ4v) is 1.87. The highest BCUT2D eigenvalue weighted by molar-refractivity contribution is 5.85. The molecule has 0 bridgehead atoms. The molecule has 1 N–H and O–H groups in total. The third kappa shape index (κ3) is 3.45. The van der Waals surface area contributed by atoms with Crippen molar-refractivity contribution < 1.29 is 24.2 Å². The maximum atomic E-state index is 12.1. The van der Waals surface area contributed by atoms with Crippen molar-refractivity contribution in [1.82, 2.24) is 9.88 Å². The van der Waals surface area contributed by atoms with E-state index in [0.717, 1.165) is 0 Å². The molecule has 1 saturated heterocycles. The van der Waals surface area contributed by atoms with Crippen LogP contribution in [0.1, 0.15) is 17.4 Å². The van der Waals surface area contributed by atoms with Gasteiger partial charge in [-0.3, -0.25) is 4.79 Å². The van der Waals surface area contributed by atoms with Crippen LogP contribution in [0.5, 0.6) is 5.75 Å². The SMILES string of the molecule is CC(Oc1ccc(C(=O)O)nc1)C(=O)N1CCOCC1. The average Bonchev–Trinajstić information content (AvgIpc) is 2.48. The van der Waals surface area contributed by atoms with E-state index in [0.29, 0.717) is 32.1 Å². The summed E-state index contributed by atoms with van der Waals surface area (Å²) in [7, 11) is 0. The van der Waals surface area contributed by atoms with Crippen LogP contribution in [-0.2, 0) is 9.53 Å². The van der Waals surface area contributed by atoms with E-state index >= 15 is 0 Å². The number of carbonyl (C=O) groups is 2. The van der Waals surface area contributed by atoms with Crippen LogP contribution in [0, 0.1) is 0 Å². The number of aromatic carboxylic acids is 1. The third-order valence-corrected chi connectivity index (χ3v) is 2.94. The highest BCUT2D eigenvalue weighted by Gasteiger charge is 2.23. The highest BCUT2D eigenvalue weighted by Crippen LogP contribution is 2.13. The average molecular weight is 280 g/mol. The Morgan fingerprint density at radius 3 is 2.65 bits per heavy atom. The van der Waals surface area contributed by atoms with Crippen molar-refractivity contribution in [3.05, 3.63) is 24.0 Å². The summed E-state index contributed by atoms with van der Waals surface area (Å²) < 4.78 is 10.7. The van der Waals surface area contributed by atoms with Crippen LogP contribution in [0.3, 0.4) is 0 Å². The normalized spacial score (nSPS) is 16.6. The molecule has 1 fully saturated rings. The van der Waals surface area contributed by atoms with Gasteiger partial charge in [-0.05, 0) is 19.1 Å². The van der Waals surface area contributed by atoms with E-state index in [1.807, 2.05) is 0 Å². The Kier molecular flexibility index (Phi) is 4.52. The number of morpholine rings is 1. The number of carboxylic acids is 1. The van der Waals surface area contributed by atoms with Crippen molar-refractivity contribution in [2.75, 3.05) is 26.3 Å². The molecule has 7 nitrogen and oxygen atoms in total. The molecule has 1 aromatic rings. The standard InChI is InChI=1S/C13H16N2O5/c1-9(12(16)15-4-6-19-7-5-15)20-10-2-3-11(13(17)18)14-8-10/h2-3,8-9H,4-7H2,1H3,(H,17,18). The molecular weight excluding hydrogens is 264 g/mol. The first-order valence-corrected chi connectivity index (χ1v) is 6.30. The largest absolute Gasteiger partial charge is 0.479 e. The van der Waals surface area contributed by atoms with E-state index in [2.05, 4.69) is 4.98 Å². The fourth-order valence-electron chi connectivity index (χ4n) is 1.87. The molecule has 1 atom stereocenters. The maximum Gasteiger partial charge on any atom is 0.354 e. The summed E-state index contributed by atoms with van der Waals surface area (Å²) in [6.45, 7) is 3.84. The smallest absolute Gasteiger partial charge is 0.354 e. The van der Waals surface area contributed by atoms with Gasteiger partial charge in [-0.25, -0.2) is 9.78 Å². The minimum absolute atomic E-state index is 0.0653. The van der Waals surface area contributed by atoms with Gasteiger partial charge >= 0.3 is 5.97 Å². The van der Waals surface area contributed by atoms with Crippen molar-refractivity contribution >= 4 is 11.9 Å². The number of amides is 1. The highest BCUT2D eigenvalue weighted by atomic mass is 16.5. The van der Waals surface area contributed by atoms with Gasteiger partial charge in [0.2, 0.25) is 0 Å². The van der Waals surface area contributed by atoms with Gasteiger partial charge in [0.25, 0.3) is 5.91 Å². The summed E-state index contributed by atoms with van der Waals surface area (Å²) in [5.41, 5.74) is -0.0653. The molecule has 1 unspecified atom stereocenters. The number of hydrogen-bond donors (Lipinski definition) is 1. The first-order valence-electron chi connectivity index (χ1n) is 6.30. The molecular formula is C13H16N2O5. The summed E-state index contributed by atoms with van der Waals surface area (Å²) in [5, 5.41) is 8.74. The van der Waals surface area contributed by atoms with Crippen molar-refractivity contribution in [2.24, 2.45) is 0 Å². The van der Waals surface area contributed by atoms with Crippen LogP contribution in [-0.4, -0.2) is 59.3 Å². The second kappa shape index (κ2) is 6.33. The minimum atomic E-state index is -1.10. The van der Waals surface area contributed by atoms with Crippen molar-refractivity contribution in [2.45, 2.75) is 13.0 Å². The van der Waals surface area contributed by atoms with Gasteiger partial charge in [0, 0.05) is 13.1 Å². The van der Waals surface area contributed by atoms with Gasteiger partial charge in [0.05, 0.1) is 19.4 Å². The van der Waals surface area contributed by atoms with Gasteiger partial charge in [-0.2, -0.15) is 0 Å². The van der Waals surface area contributed by atoms with E-state index in [4.69, 9.17) is 14.6 Å². The fraction of sp³-hybridized carbons (Fsp3) is 0.462. The Morgan fingerprint density at radius 1 is 1.40 bits per heavy atom. The molecule has 1 aliphatic heterocycles. The van der Waals surface area contributed by atoms with Crippen molar-refractivity contribution in [3.63, 3.8) is 0 Å². The predicted molar refractivity (Wildman–Crippen MR) is 68.7 cm³/mol. The summed E-state index contributed by atoms with van der Waals surface area (Å²) in [6, 6.07) is 2.82. The number of aromatic nitrogens is 1. The lowest BCUT2D eigenvalue weighted by molar-refractivity contribution is -0.142. The number of pyridine rings is 1. The Balaban J connectivity index is 1.94. The van der Waals surface area contributed by atoms with Crippen LogP contribution < -0.4 is 4.74 Å². The zero-order chi connectivity index (χ0) is 14.5. The topological polar surface area (TPSA) is 89.0 Å². The molecule has 2 rings (SSSR count). The second-order valence-corrected chi connectivity index (χ2v) is 4.38. The van der Waals surface area contributed by atoms with Crippen LogP contribution in [0.2, 0.25) is 0 Å². The molecule has 0 spiro atoms.